The van der Waals surface area contributed by atoms with E-state index in [1.807, 2.05) is 18.2 Å². The number of aromatic nitrogens is 1. The minimum atomic E-state index is -0.198. The molecule has 4 heteroatoms. The van der Waals surface area contributed by atoms with E-state index in [1.165, 1.54) is 6.07 Å². The highest BCUT2D eigenvalue weighted by molar-refractivity contribution is 7.98. The zero-order valence-electron chi connectivity index (χ0n) is 10.9. The Labute approximate surface area is 117 Å². The van der Waals surface area contributed by atoms with Gasteiger partial charge in [0.25, 0.3) is 0 Å². The molecule has 1 heterocycles. The van der Waals surface area contributed by atoms with E-state index in [2.05, 4.69) is 17.2 Å². The summed E-state index contributed by atoms with van der Waals surface area (Å²) >= 11 is 1.59. The number of pyridine rings is 1. The second kappa shape index (κ2) is 7.14. The molecule has 19 heavy (non-hydrogen) atoms. The van der Waals surface area contributed by atoms with E-state index in [1.54, 1.807) is 30.1 Å². The Kier molecular flexibility index (Phi) is 5.21. The Balaban J connectivity index is 1.95. The van der Waals surface area contributed by atoms with Crippen molar-refractivity contribution >= 4 is 17.4 Å². The molecule has 0 atom stereocenters. The average Bonchev–Trinajstić information content (AvgIpc) is 2.43. The molecule has 0 saturated carbocycles. The van der Waals surface area contributed by atoms with Crippen molar-refractivity contribution in [1.29, 1.82) is 0 Å². The van der Waals surface area contributed by atoms with E-state index >= 15 is 0 Å². The molecule has 0 radical (unpaired) electrons. The monoisotopic (exact) mass is 276 g/mol. The van der Waals surface area contributed by atoms with Crippen LogP contribution in [0.25, 0.3) is 0 Å². The normalized spacial score (nSPS) is 10.4. The van der Waals surface area contributed by atoms with Crippen LogP contribution in [0.3, 0.4) is 0 Å². The van der Waals surface area contributed by atoms with Gasteiger partial charge in [-0.1, -0.05) is 13.0 Å². The molecule has 0 aliphatic heterocycles. The SMILES string of the molecule is CCCNc1ccnc(CSc2cccc(F)c2)c1. The van der Waals surface area contributed by atoms with Gasteiger partial charge in [0, 0.05) is 29.1 Å². The molecular formula is C15H17FN2S. The Morgan fingerprint density at radius 1 is 1.26 bits per heavy atom. The Hall–Kier alpha value is -1.55. The van der Waals surface area contributed by atoms with Crippen molar-refractivity contribution in [2.24, 2.45) is 0 Å². The van der Waals surface area contributed by atoms with Gasteiger partial charge in [-0.15, -0.1) is 11.8 Å². The minimum Gasteiger partial charge on any atom is -0.385 e. The van der Waals surface area contributed by atoms with E-state index in [0.29, 0.717) is 0 Å². The summed E-state index contributed by atoms with van der Waals surface area (Å²) in [5, 5.41) is 3.33. The molecule has 0 spiro atoms. The van der Waals surface area contributed by atoms with Gasteiger partial charge >= 0.3 is 0 Å². The molecule has 0 unspecified atom stereocenters. The first kappa shape index (κ1) is 13.9. The van der Waals surface area contributed by atoms with E-state index in [9.17, 15) is 4.39 Å². The van der Waals surface area contributed by atoms with Crippen molar-refractivity contribution in [2.45, 2.75) is 24.0 Å². The van der Waals surface area contributed by atoms with Crippen LogP contribution in [-0.2, 0) is 5.75 Å². The number of halogens is 1. The molecular weight excluding hydrogens is 259 g/mol. The van der Waals surface area contributed by atoms with Gasteiger partial charge in [-0.3, -0.25) is 4.98 Å². The summed E-state index contributed by atoms with van der Waals surface area (Å²) in [6.07, 6.45) is 2.90. The van der Waals surface area contributed by atoms with Crippen LogP contribution in [0.2, 0.25) is 0 Å². The second-order valence-electron chi connectivity index (χ2n) is 4.21. The lowest BCUT2D eigenvalue weighted by Gasteiger charge is -2.06. The summed E-state index contributed by atoms with van der Waals surface area (Å²) < 4.78 is 13.1. The summed E-state index contributed by atoms with van der Waals surface area (Å²) in [6, 6.07) is 10.6. The van der Waals surface area contributed by atoms with Crippen LogP contribution < -0.4 is 5.32 Å². The number of benzene rings is 1. The van der Waals surface area contributed by atoms with E-state index in [0.717, 1.165) is 35.0 Å². The third-order valence-corrected chi connectivity index (χ3v) is 3.61. The third kappa shape index (κ3) is 4.56. The van der Waals surface area contributed by atoms with Gasteiger partial charge in [-0.25, -0.2) is 4.39 Å². The van der Waals surface area contributed by atoms with Crippen LogP contribution in [0, 0.1) is 5.82 Å². The molecule has 1 N–H and O–H groups in total. The molecule has 0 amide bonds. The smallest absolute Gasteiger partial charge is 0.124 e. The van der Waals surface area contributed by atoms with Gasteiger partial charge in [0.15, 0.2) is 0 Å². The highest BCUT2D eigenvalue weighted by Gasteiger charge is 2.00. The highest BCUT2D eigenvalue weighted by atomic mass is 32.2. The molecule has 0 bridgehead atoms. The Bertz CT molecular complexity index is 531. The maximum Gasteiger partial charge on any atom is 0.124 e. The van der Waals surface area contributed by atoms with Crippen molar-refractivity contribution < 1.29 is 4.39 Å². The molecule has 1 aromatic carbocycles. The molecule has 0 fully saturated rings. The minimum absolute atomic E-state index is 0.198. The predicted molar refractivity (Wildman–Crippen MR) is 79.0 cm³/mol. The highest BCUT2D eigenvalue weighted by Crippen LogP contribution is 2.23. The van der Waals surface area contributed by atoms with E-state index in [-0.39, 0.29) is 5.82 Å². The first-order valence-electron chi connectivity index (χ1n) is 6.35. The number of nitrogens with zero attached hydrogens (tertiary/aromatic N) is 1. The van der Waals surface area contributed by atoms with Crippen LogP contribution in [0.15, 0.2) is 47.5 Å². The Morgan fingerprint density at radius 2 is 2.16 bits per heavy atom. The number of anilines is 1. The fourth-order valence-electron chi connectivity index (χ4n) is 1.65. The van der Waals surface area contributed by atoms with Crippen LogP contribution in [-0.4, -0.2) is 11.5 Å². The van der Waals surface area contributed by atoms with Crippen molar-refractivity contribution in [2.75, 3.05) is 11.9 Å². The van der Waals surface area contributed by atoms with Gasteiger partial charge < -0.3 is 5.32 Å². The standard InChI is InChI=1S/C15H17FN2S/c1-2-7-17-13-6-8-18-14(10-13)11-19-15-5-3-4-12(16)9-15/h3-6,8-10H,2,7,11H2,1H3,(H,17,18). The topological polar surface area (TPSA) is 24.9 Å². The maximum absolute atomic E-state index is 13.1. The van der Waals surface area contributed by atoms with Crippen LogP contribution in [0.4, 0.5) is 10.1 Å². The fourth-order valence-corrected chi connectivity index (χ4v) is 2.49. The van der Waals surface area contributed by atoms with Gasteiger partial charge in [0.05, 0.1) is 5.69 Å². The van der Waals surface area contributed by atoms with E-state index in [4.69, 9.17) is 0 Å². The zero-order chi connectivity index (χ0) is 13.5. The van der Waals surface area contributed by atoms with Crippen molar-refractivity contribution in [1.82, 2.24) is 4.98 Å². The Morgan fingerprint density at radius 3 is 2.95 bits per heavy atom. The number of thioether (sulfide) groups is 1. The summed E-state index contributed by atoms with van der Waals surface area (Å²) in [7, 11) is 0. The predicted octanol–water partition coefficient (Wildman–Crippen LogP) is 4.33. The van der Waals surface area contributed by atoms with Gasteiger partial charge in [0.1, 0.15) is 5.82 Å². The molecule has 2 aromatic rings. The summed E-state index contributed by atoms with van der Waals surface area (Å²) in [4.78, 5) is 5.26. The van der Waals surface area contributed by atoms with Gasteiger partial charge in [-0.05, 0) is 36.8 Å². The van der Waals surface area contributed by atoms with Crippen molar-refractivity contribution in [3.63, 3.8) is 0 Å². The number of hydrogen-bond donors (Lipinski definition) is 1. The van der Waals surface area contributed by atoms with E-state index < -0.39 is 0 Å². The number of hydrogen-bond acceptors (Lipinski definition) is 3. The van der Waals surface area contributed by atoms with Crippen LogP contribution >= 0.6 is 11.8 Å². The lowest BCUT2D eigenvalue weighted by Crippen LogP contribution is -2.00. The van der Waals surface area contributed by atoms with Gasteiger partial charge in [0.2, 0.25) is 0 Å². The first-order valence-corrected chi connectivity index (χ1v) is 7.33. The molecule has 0 aliphatic rings. The molecule has 2 rings (SSSR count). The molecule has 0 aliphatic carbocycles. The summed E-state index contributed by atoms with van der Waals surface area (Å²) in [5.41, 5.74) is 2.09. The summed E-state index contributed by atoms with van der Waals surface area (Å²) in [6.45, 7) is 3.09. The number of rotatable bonds is 6. The number of nitrogens with one attached hydrogen (secondary N) is 1. The van der Waals surface area contributed by atoms with Crippen molar-refractivity contribution in [3.8, 4) is 0 Å². The van der Waals surface area contributed by atoms with Crippen molar-refractivity contribution in [3.05, 3.63) is 54.1 Å². The van der Waals surface area contributed by atoms with Crippen LogP contribution in [0.1, 0.15) is 19.0 Å². The van der Waals surface area contributed by atoms with Crippen LogP contribution in [0.5, 0.6) is 0 Å². The quantitative estimate of drug-likeness (QED) is 0.795. The largest absolute Gasteiger partial charge is 0.385 e. The van der Waals surface area contributed by atoms with Gasteiger partial charge in [-0.2, -0.15) is 0 Å². The first-order chi connectivity index (χ1) is 9.28. The maximum atomic E-state index is 13.1. The lowest BCUT2D eigenvalue weighted by atomic mass is 10.3. The second-order valence-corrected chi connectivity index (χ2v) is 5.26. The molecule has 2 nitrogen and oxygen atoms in total. The summed E-state index contributed by atoms with van der Waals surface area (Å²) in [5.74, 6) is 0.543. The molecule has 1 aromatic heterocycles. The molecule has 100 valence electrons. The zero-order valence-corrected chi connectivity index (χ0v) is 11.7. The third-order valence-electron chi connectivity index (χ3n) is 2.58. The molecule has 0 saturated heterocycles. The fraction of sp³-hybridized carbons (Fsp3) is 0.267. The lowest BCUT2D eigenvalue weighted by molar-refractivity contribution is 0.624. The average molecular weight is 276 g/mol.